The van der Waals surface area contributed by atoms with Gasteiger partial charge in [0.25, 0.3) is 0 Å². The minimum atomic E-state index is -0.887. The number of nitrogen functional groups attached to an aromatic ring is 1. The molecular weight excluding hydrogens is 264 g/mol. The highest BCUT2D eigenvalue weighted by Gasteiger charge is 2.30. The molecule has 6 heteroatoms. The molecule has 4 nitrogen and oxygen atoms in total. The molecule has 0 bridgehead atoms. The molecule has 0 amide bonds. The summed E-state index contributed by atoms with van der Waals surface area (Å²) in [5.74, 6) is -1.55. The topological polar surface area (TPSA) is 53.1 Å². The molecule has 0 atom stereocenters. The first-order chi connectivity index (χ1) is 9.50. The van der Waals surface area contributed by atoms with Crippen molar-refractivity contribution >= 4 is 17.0 Å². The van der Waals surface area contributed by atoms with Gasteiger partial charge >= 0.3 is 0 Å². The summed E-state index contributed by atoms with van der Waals surface area (Å²) in [5, 5.41) is 0. The second-order valence-electron chi connectivity index (χ2n) is 5.71. The van der Waals surface area contributed by atoms with E-state index in [-0.39, 0.29) is 16.9 Å². The van der Waals surface area contributed by atoms with Crippen molar-refractivity contribution in [3.63, 3.8) is 0 Å². The Bertz CT molecular complexity index is 647. The lowest BCUT2D eigenvalue weighted by atomic mass is 9.82. The number of nitrogens with two attached hydrogens (primary N) is 1. The van der Waals surface area contributed by atoms with Gasteiger partial charge < -0.3 is 15.0 Å². The zero-order chi connectivity index (χ0) is 14.3. The van der Waals surface area contributed by atoms with E-state index in [2.05, 4.69) is 11.9 Å². The molecule has 20 heavy (non-hydrogen) atoms. The lowest BCUT2D eigenvalue weighted by Crippen LogP contribution is -2.31. The van der Waals surface area contributed by atoms with E-state index >= 15 is 0 Å². The van der Waals surface area contributed by atoms with Crippen molar-refractivity contribution in [2.45, 2.75) is 26.3 Å². The van der Waals surface area contributed by atoms with Crippen LogP contribution < -0.4 is 5.73 Å². The molecule has 1 aromatic carbocycles. The molecule has 0 spiro atoms. The Morgan fingerprint density at radius 2 is 2.05 bits per heavy atom. The minimum absolute atomic E-state index is 0.0429. The van der Waals surface area contributed by atoms with Gasteiger partial charge in [0.2, 0.25) is 5.95 Å². The fourth-order valence-corrected chi connectivity index (χ4v) is 2.74. The van der Waals surface area contributed by atoms with Gasteiger partial charge in [-0.25, -0.2) is 13.8 Å². The van der Waals surface area contributed by atoms with Crippen molar-refractivity contribution in [1.29, 1.82) is 0 Å². The SMILES string of the molecule is CC1(Cn2c(N)nc3ccc(F)c(F)c32)CCOCC1. The van der Waals surface area contributed by atoms with E-state index in [4.69, 9.17) is 10.5 Å². The molecule has 108 valence electrons. The molecule has 1 aliphatic rings. The van der Waals surface area contributed by atoms with E-state index in [1.807, 2.05) is 0 Å². The fourth-order valence-electron chi connectivity index (χ4n) is 2.74. The van der Waals surface area contributed by atoms with Crippen LogP contribution in [0.15, 0.2) is 12.1 Å². The molecule has 3 rings (SSSR count). The first-order valence-corrected chi connectivity index (χ1v) is 6.68. The summed E-state index contributed by atoms with van der Waals surface area (Å²) in [6, 6.07) is 2.53. The minimum Gasteiger partial charge on any atom is -0.381 e. The van der Waals surface area contributed by atoms with Crippen LogP contribution in [0.25, 0.3) is 11.0 Å². The third-order valence-corrected chi connectivity index (χ3v) is 4.07. The highest BCUT2D eigenvalue weighted by molar-refractivity contribution is 5.79. The third-order valence-electron chi connectivity index (χ3n) is 4.07. The summed E-state index contributed by atoms with van der Waals surface area (Å²) in [6.45, 7) is 3.98. The molecule has 0 radical (unpaired) electrons. The van der Waals surface area contributed by atoms with E-state index < -0.39 is 11.6 Å². The maximum Gasteiger partial charge on any atom is 0.201 e. The summed E-state index contributed by atoms with van der Waals surface area (Å²) in [7, 11) is 0. The lowest BCUT2D eigenvalue weighted by molar-refractivity contribution is 0.0162. The average Bonchev–Trinajstić information content (AvgIpc) is 2.72. The standard InChI is InChI=1S/C14H17F2N3O/c1-14(4-6-20-7-5-14)8-19-12-10(18-13(19)17)3-2-9(15)11(12)16/h2-3H,4-8H2,1H3,(H2,17,18). The predicted octanol–water partition coefficient (Wildman–Crippen LogP) is 2.71. The van der Waals surface area contributed by atoms with Crippen LogP contribution in [0.3, 0.4) is 0 Å². The van der Waals surface area contributed by atoms with Crippen LogP contribution in [0.5, 0.6) is 0 Å². The molecule has 2 N–H and O–H groups in total. The van der Waals surface area contributed by atoms with Gasteiger partial charge in [-0.15, -0.1) is 0 Å². The smallest absolute Gasteiger partial charge is 0.201 e. The number of fused-ring (bicyclic) bond motifs is 1. The first kappa shape index (κ1) is 13.3. The van der Waals surface area contributed by atoms with Gasteiger partial charge in [-0.05, 0) is 30.4 Å². The number of imidazole rings is 1. The van der Waals surface area contributed by atoms with E-state index in [0.717, 1.165) is 18.9 Å². The second kappa shape index (κ2) is 4.70. The Hall–Kier alpha value is -1.69. The van der Waals surface area contributed by atoms with Gasteiger partial charge in [0.15, 0.2) is 11.6 Å². The van der Waals surface area contributed by atoms with Crippen LogP contribution in [0.1, 0.15) is 19.8 Å². The van der Waals surface area contributed by atoms with E-state index in [1.54, 1.807) is 4.57 Å². The maximum absolute atomic E-state index is 14.0. The van der Waals surface area contributed by atoms with Crippen LogP contribution in [0.2, 0.25) is 0 Å². The quantitative estimate of drug-likeness (QED) is 0.920. The van der Waals surface area contributed by atoms with E-state index in [1.165, 1.54) is 6.07 Å². The van der Waals surface area contributed by atoms with Gasteiger partial charge in [0.1, 0.15) is 5.52 Å². The van der Waals surface area contributed by atoms with Gasteiger partial charge in [-0.3, -0.25) is 0 Å². The van der Waals surface area contributed by atoms with Crippen LogP contribution in [-0.4, -0.2) is 22.8 Å². The average molecular weight is 281 g/mol. The summed E-state index contributed by atoms with van der Waals surface area (Å²) >= 11 is 0. The number of rotatable bonds is 2. The molecule has 2 aromatic rings. The van der Waals surface area contributed by atoms with Gasteiger partial charge in [-0.1, -0.05) is 6.92 Å². The summed E-state index contributed by atoms with van der Waals surface area (Å²) in [5.41, 5.74) is 6.37. The number of benzene rings is 1. The van der Waals surface area contributed by atoms with Gasteiger partial charge in [0, 0.05) is 19.8 Å². The van der Waals surface area contributed by atoms with Gasteiger partial charge in [-0.2, -0.15) is 0 Å². The predicted molar refractivity (Wildman–Crippen MR) is 72.2 cm³/mol. The third kappa shape index (κ3) is 2.14. The first-order valence-electron chi connectivity index (χ1n) is 6.68. The van der Waals surface area contributed by atoms with Crippen molar-refractivity contribution in [2.75, 3.05) is 18.9 Å². The lowest BCUT2D eigenvalue weighted by Gasteiger charge is -2.34. The van der Waals surface area contributed by atoms with Crippen molar-refractivity contribution < 1.29 is 13.5 Å². The normalized spacial score (nSPS) is 18.6. The Labute approximate surface area is 115 Å². The molecule has 0 saturated carbocycles. The number of hydrogen-bond donors (Lipinski definition) is 1. The Kier molecular flexibility index (Phi) is 3.12. The molecular formula is C14H17F2N3O. The number of nitrogens with zero attached hydrogens (tertiary/aromatic N) is 2. The van der Waals surface area contributed by atoms with Crippen LogP contribution in [-0.2, 0) is 11.3 Å². The molecule has 0 unspecified atom stereocenters. The zero-order valence-electron chi connectivity index (χ0n) is 11.3. The maximum atomic E-state index is 14.0. The summed E-state index contributed by atoms with van der Waals surface area (Å²) in [6.07, 6.45) is 1.73. The number of aromatic nitrogens is 2. The van der Waals surface area contributed by atoms with Crippen LogP contribution in [0.4, 0.5) is 14.7 Å². The zero-order valence-corrected chi connectivity index (χ0v) is 11.3. The van der Waals surface area contributed by atoms with E-state index in [9.17, 15) is 8.78 Å². The Morgan fingerprint density at radius 1 is 1.35 bits per heavy atom. The van der Waals surface area contributed by atoms with Crippen molar-refractivity contribution in [3.8, 4) is 0 Å². The Morgan fingerprint density at radius 3 is 2.75 bits per heavy atom. The second-order valence-corrected chi connectivity index (χ2v) is 5.71. The number of ether oxygens (including phenoxy) is 1. The van der Waals surface area contributed by atoms with Crippen LogP contribution >= 0.6 is 0 Å². The molecule has 1 saturated heterocycles. The summed E-state index contributed by atoms with van der Waals surface area (Å²) in [4.78, 5) is 4.11. The van der Waals surface area contributed by atoms with Crippen molar-refractivity contribution in [3.05, 3.63) is 23.8 Å². The van der Waals surface area contributed by atoms with E-state index in [0.29, 0.717) is 25.3 Å². The number of anilines is 1. The van der Waals surface area contributed by atoms with Crippen molar-refractivity contribution in [1.82, 2.24) is 9.55 Å². The largest absolute Gasteiger partial charge is 0.381 e. The highest BCUT2D eigenvalue weighted by atomic mass is 19.2. The number of halogens is 2. The highest BCUT2D eigenvalue weighted by Crippen LogP contribution is 2.34. The molecule has 1 aromatic heterocycles. The molecule has 1 fully saturated rings. The van der Waals surface area contributed by atoms with Crippen molar-refractivity contribution in [2.24, 2.45) is 5.41 Å². The molecule has 1 aliphatic heterocycles. The Balaban J connectivity index is 2.06. The van der Waals surface area contributed by atoms with Crippen LogP contribution in [0, 0.1) is 17.0 Å². The molecule has 2 heterocycles. The summed E-state index contributed by atoms with van der Waals surface area (Å²) < 4.78 is 34.4. The van der Waals surface area contributed by atoms with Gasteiger partial charge in [0.05, 0.1) is 5.52 Å². The molecule has 0 aliphatic carbocycles. The monoisotopic (exact) mass is 281 g/mol. The number of hydrogen-bond acceptors (Lipinski definition) is 3. The fraction of sp³-hybridized carbons (Fsp3) is 0.500.